The highest BCUT2D eigenvalue weighted by Gasteiger charge is 2.05. The van der Waals surface area contributed by atoms with E-state index in [2.05, 4.69) is 0 Å². The third kappa shape index (κ3) is 3.22. The number of likely N-dealkylation sites (N-methyl/N-ethyl adjacent to an activating group) is 1. The quantitative estimate of drug-likeness (QED) is 0.773. The van der Waals surface area contributed by atoms with Crippen LogP contribution in [0, 0.1) is 0 Å². The first-order valence-corrected chi connectivity index (χ1v) is 5.29. The maximum atomic E-state index is 9.61. The van der Waals surface area contributed by atoms with Crippen LogP contribution in [0.1, 0.15) is 25.0 Å². The van der Waals surface area contributed by atoms with E-state index >= 15 is 0 Å². The third-order valence-corrected chi connectivity index (χ3v) is 2.54. The van der Waals surface area contributed by atoms with Gasteiger partial charge in [-0.25, -0.2) is 0 Å². The number of aliphatic hydroxyl groups is 2. The fraction of sp³-hybridized carbons (Fsp3) is 0.500. The molecule has 0 aliphatic heterocycles. The van der Waals surface area contributed by atoms with E-state index in [4.69, 9.17) is 5.11 Å². The molecule has 0 saturated heterocycles. The Bertz CT molecular complexity index is 284. The summed E-state index contributed by atoms with van der Waals surface area (Å²) in [5.74, 6) is 0. The highest BCUT2D eigenvalue weighted by molar-refractivity contribution is 5.47. The van der Waals surface area contributed by atoms with Gasteiger partial charge in [-0.05, 0) is 24.1 Å². The third-order valence-electron chi connectivity index (χ3n) is 2.54. The van der Waals surface area contributed by atoms with Gasteiger partial charge < -0.3 is 15.1 Å². The molecule has 1 aromatic carbocycles. The molecule has 0 aliphatic carbocycles. The highest BCUT2D eigenvalue weighted by atomic mass is 16.3. The second-order valence-electron chi connectivity index (χ2n) is 3.66. The van der Waals surface area contributed by atoms with Crippen LogP contribution in [0.5, 0.6) is 0 Å². The monoisotopic (exact) mass is 209 g/mol. The summed E-state index contributed by atoms with van der Waals surface area (Å²) in [6, 6.07) is 7.78. The first-order chi connectivity index (χ1) is 7.19. The summed E-state index contributed by atoms with van der Waals surface area (Å²) in [4.78, 5) is 1.97. The van der Waals surface area contributed by atoms with Gasteiger partial charge in [-0.1, -0.05) is 19.1 Å². The molecule has 3 heteroatoms. The second kappa shape index (κ2) is 5.73. The molecule has 0 fully saturated rings. The van der Waals surface area contributed by atoms with E-state index in [1.807, 2.05) is 43.1 Å². The van der Waals surface area contributed by atoms with Crippen molar-refractivity contribution in [3.8, 4) is 0 Å². The predicted molar refractivity (Wildman–Crippen MR) is 62.0 cm³/mol. The molecule has 84 valence electrons. The largest absolute Gasteiger partial charge is 0.395 e. The molecule has 0 heterocycles. The van der Waals surface area contributed by atoms with E-state index in [1.165, 1.54) is 0 Å². The van der Waals surface area contributed by atoms with Gasteiger partial charge in [-0.2, -0.15) is 0 Å². The van der Waals surface area contributed by atoms with Gasteiger partial charge in [-0.15, -0.1) is 0 Å². The van der Waals surface area contributed by atoms with Crippen LogP contribution in [0.4, 0.5) is 5.69 Å². The molecule has 0 spiro atoms. The van der Waals surface area contributed by atoms with Crippen molar-refractivity contribution in [1.82, 2.24) is 0 Å². The molecule has 0 amide bonds. The first kappa shape index (κ1) is 12.0. The Morgan fingerprint density at radius 2 is 1.87 bits per heavy atom. The maximum Gasteiger partial charge on any atom is 0.0787 e. The zero-order chi connectivity index (χ0) is 11.3. The molecule has 0 bridgehead atoms. The van der Waals surface area contributed by atoms with Crippen molar-refractivity contribution in [2.75, 3.05) is 25.1 Å². The minimum absolute atomic E-state index is 0.149. The van der Waals surface area contributed by atoms with Crippen molar-refractivity contribution in [3.63, 3.8) is 0 Å². The summed E-state index contributed by atoms with van der Waals surface area (Å²) in [6.45, 7) is 2.72. The lowest BCUT2D eigenvalue weighted by molar-refractivity contribution is 0.173. The van der Waals surface area contributed by atoms with E-state index in [9.17, 15) is 5.11 Å². The molecule has 0 radical (unpaired) electrons. The van der Waals surface area contributed by atoms with Crippen molar-refractivity contribution in [2.45, 2.75) is 19.4 Å². The summed E-state index contributed by atoms with van der Waals surface area (Å²) >= 11 is 0. The Labute approximate surface area is 91.0 Å². The standard InChI is InChI=1S/C12H19NO2/c1-3-12(15)10-4-6-11(7-5-10)13(2)8-9-14/h4-7,12,14-15H,3,8-9H2,1-2H3/t12-/m1/s1. The zero-order valence-corrected chi connectivity index (χ0v) is 9.35. The lowest BCUT2D eigenvalue weighted by Gasteiger charge is -2.18. The molecule has 1 aromatic rings. The van der Waals surface area contributed by atoms with Gasteiger partial charge in [-0.3, -0.25) is 0 Å². The van der Waals surface area contributed by atoms with E-state index in [1.54, 1.807) is 0 Å². The van der Waals surface area contributed by atoms with Crippen LogP contribution in [-0.4, -0.2) is 30.4 Å². The number of anilines is 1. The molecule has 0 aromatic heterocycles. The summed E-state index contributed by atoms with van der Waals surface area (Å²) in [5, 5.41) is 18.4. The number of aliphatic hydroxyl groups excluding tert-OH is 2. The van der Waals surface area contributed by atoms with Gasteiger partial charge in [0.15, 0.2) is 0 Å². The molecule has 15 heavy (non-hydrogen) atoms. The number of rotatable bonds is 5. The summed E-state index contributed by atoms with van der Waals surface area (Å²) in [6.07, 6.45) is 0.355. The number of nitrogens with zero attached hydrogens (tertiary/aromatic N) is 1. The topological polar surface area (TPSA) is 43.7 Å². The van der Waals surface area contributed by atoms with Crippen molar-refractivity contribution in [1.29, 1.82) is 0 Å². The van der Waals surface area contributed by atoms with Crippen LogP contribution in [0.2, 0.25) is 0 Å². The molecule has 1 rings (SSSR count). The fourth-order valence-corrected chi connectivity index (χ4v) is 1.47. The Hall–Kier alpha value is -1.06. The van der Waals surface area contributed by atoms with Gasteiger partial charge in [0.2, 0.25) is 0 Å². The number of benzene rings is 1. The Morgan fingerprint density at radius 3 is 2.33 bits per heavy atom. The normalized spacial score (nSPS) is 12.5. The molecule has 0 unspecified atom stereocenters. The van der Waals surface area contributed by atoms with Gasteiger partial charge in [0, 0.05) is 19.3 Å². The fourth-order valence-electron chi connectivity index (χ4n) is 1.47. The van der Waals surface area contributed by atoms with E-state index in [-0.39, 0.29) is 12.7 Å². The van der Waals surface area contributed by atoms with Crippen LogP contribution in [0.3, 0.4) is 0 Å². The summed E-state index contributed by atoms with van der Waals surface area (Å²) < 4.78 is 0. The van der Waals surface area contributed by atoms with Crippen LogP contribution < -0.4 is 4.90 Å². The van der Waals surface area contributed by atoms with Crippen molar-refractivity contribution >= 4 is 5.69 Å². The van der Waals surface area contributed by atoms with Crippen LogP contribution >= 0.6 is 0 Å². The van der Waals surface area contributed by atoms with Gasteiger partial charge in [0.25, 0.3) is 0 Å². The molecule has 3 nitrogen and oxygen atoms in total. The molecular weight excluding hydrogens is 190 g/mol. The molecule has 0 aliphatic rings. The Kier molecular flexibility index (Phi) is 4.59. The number of hydrogen-bond donors (Lipinski definition) is 2. The van der Waals surface area contributed by atoms with E-state index in [0.29, 0.717) is 6.54 Å². The minimum atomic E-state index is -0.373. The highest BCUT2D eigenvalue weighted by Crippen LogP contribution is 2.20. The lowest BCUT2D eigenvalue weighted by atomic mass is 10.1. The van der Waals surface area contributed by atoms with Crippen molar-refractivity contribution in [3.05, 3.63) is 29.8 Å². The maximum absolute atomic E-state index is 9.61. The Balaban J connectivity index is 2.71. The smallest absolute Gasteiger partial charge is 0.0787 e. The summed E-state index contributed by atoms with van der Waals surface area (Å²) in [5.41, 5.74) is 2.00. The van der Waals surface area contributed by atoms with Gasteiger partial charge in [0.05, 0.1) is 12.7 Å². The number of hydrogen-bond acceptors (Lipinski definition) is 3. The van der Waals surface area contributed by atoms with Gasteiger partial charge >= 0.3 is 0 Å². The second-order valence-corrected chi connectivity index (χ2v) is 3.66. The van der Waals surface area contributed by atoms with Crippen LogP contribution in [-0.2, 0) is 0 Å². The van der Waals surface area contributed by atoms with Crippen LogP contribution in [0.15, 0.2) is 24.3 Å². The zero-order valence-electron chi connectivity index (χ0n) is 9.35. The van der Waals surface area contributed by atoms with Gasteiger partial charge in [0.1, 0.15) is 0 Å². The minimum Gasteiger partial charge on any atom is -0.395 e. The molecule has 0 saturated carbocycles. The van der Waals surface area contributed by atoms with E-state index in [0.717, 1.165) is 17.7 Å². The first-order valence-electron chi connectivity index (χ1n) is 5.29. The average Bonchev–Trinajstić information content (AvgIpc) is 2.28. The average molecular weight is 209 g/mol. The van der Waals surface area contributed by atoms with E-state index < -0.39 is 0 Å². The predicted octanol–water partition coefficient (Wildman–Crippen LogP) is 1.56. The van der Waals surface area contributed by atoms with Crippen LogP contribution in [0.25, 0.3) is 0 Å². The lowest BCUT2D eigenvalue weighted by Crippen LogP contribution is -2.20. The molecular formula is C12H19NO2. The van der Waals surface area contributed by atoms with Crippen molar-refractivity contribution < 1.29 is 10.2 Å². The molecule has 2 N–H and O–H groups in total. The Morgan fingerprint density at radius 1 is 1.27 bits per heavy atom. The molecule has 1 atom stereocenters. The van der Waals surface area contributed by atoms with Crippen molar-refractivity contribution in [2.24, 2.45) is 0 Å². The summed E-state index contributed by atoms with van der Waals surface area (Å²) in [7, 11) is 1.93. The SMILES string of the molecule is CC[C@@H](O)c1ccc(N(C)CCO)cc1.